The van der Waals surface area contributed by atoms with Crippen molar-refractivity contribution in [2.24, 2.45) is 0 Å². The number of esters is 1. The van der Waals surface area contributed by atoms with E-state index in [1.54, 1.807) is 18.4 Å². The summed E-state index contributed by atoms with van der Waals surface area (Å²) in [4.78, 5) is 24.6. The predicted octanol–water partition coefficient (Wildman–Crippen LogP) is 2.33. The van der Waals surface area contributed by atoms with E-state index in [0.717, 1.165) is 12.1 Å². The summed E-state index contributed by atoms with van der Waals surface area (Å²) in [6, 6.07) is 3.70. The lowest BCUT2D eigenvalue weighted by Crippen LogP contribution is -2.37. The zero-order valence-corrected chi connectivity index (χ0v) is 21.2. The number of anilines is 1. The van der Waals surface area contributed by atoms with Crippen molar-refractivity contribution >= 4 is 30.7 Å². The van der Waals surface area contributed by atoms with Gasteiger partial charge in [-0.05, 0) is 45.0 Å². The maximum atomic E-state index is 13.6. The molecule has 200 valence electrons. The van der Waals surface area contributed by atoms with Crippen LogP contribution in [0.2, 0.25) is 0 Å². The molecule has 1 fully saturated rings. The summed E-state index contributed by atoms with van der Waals surface area (Å²) in [6.07, 6.45) is -0.0283. The molecule has 1 saturated heterocycles. The van der Waals surface area contributed by atoms with Crippen molar-refractivity contribution in [1.29, 1.82) is 0 Å². The number of nitrogens with zero attached hydrogens (tertiary/aromatic N) is 4. The minimum Gasteiger partial charge on any atom is -0.462 e. The molecule has 1 aliphatic heterocycles. The van der Waals surface area contributed by atoms with Crippen molar-refractivity contribution in [3.05, 3.63) is 42.7 Å². The topological polar surface area (TPSA) is 173 Å². The zero-order valence-electron chi connectivity index (χ0n) is 20.4. The van der Waals surface area contributed by atoms with Gasteiger partial charge in [-0.3, -0.25) is 13.9 Å². The highest BCUT2D eigenvalue weighted by Gasteiger charge is 2.40. The molecule has 1 aromatic carbocycles. The summed E-state index contributed by atoms with van der Waals surface area (Å²) in [5.74, 6) is -0.948. The lowest BCUT2D eigenvalue weighted by Gasteiger charge is -2.25. The highest BCUT2D eigenvalue weighted by Crippen LogP contribution is 2.46. The summed E-state index contributed by atoms with van der Waals surface area (Å²) in [5, 5.41) is 13.1. The van der Waals surface area contributed by atoms with Crippen LogP contribution in [0, 0.1) is 5.82 Å². The molecule has 15 heteroatoms. The molecule has 0 amide bonds. The van der Waals surface area contributed by atoms with Gasteiger partial charge in [-0.25, -0.2) is 23.9 Å². The van der Waals surface area contributed by atoms with Crippen molar-refractivity contribution in [2.45, 2.75) is 57.8 Å². The Labute approximate surface area is 211 Å². The quantitative estimate of drug-likeness (QED) is 0.254. The number of ether oxygens (including phenoxy) is 2. The SMILES string of the molecule is CC(C)OC(=O)[C@H](C)NP(=O)(OC[C@H]1O[C@@H](n2cnc3c(N)ncnc32)CC1O)Oc1ccc(F)cc1. The fraction of sp³-hybridized carbons (Fsp3) is 0.455. The number of rotatable bonds is 10. The summed E-state index contributed by atoms with van der Waals surface area (Å²) >= 11 is 0. The molecule has 0 aliphatic carbocycles. The van der Waals surface area contributed by atoms with Gasteiger partial charge in [-0.1, -0.05) is 0 Å². The number of halogens is 1. The van der Waals surface area contributed by atoms with E-state index in [2.05, 4.69) is 20.0 Å². The number of carbonyl (C=O) groups excluding carboxylic acids is 1. The third-order valence-corrected chi connectivity index (χ3v) is 7.05. The number of nitrogens with one attached hydrogen (secondary N) is 1. The average molecular weight is 538 g/mol. The van der Waals surface area contributed by atoms with E-state index >= 15 is 0 Å². The number of imidazole rings is 1. The van der Waals surface area contributed by atoms with Crippen molar-refractivity contribution < 1.29 is 37.4 Å². The molecule has 2 aromatic heterocycles. The number of aliphatic hydroxyl groups is 1. The average Bonchev–Trinajstić information content (AvgIpc) is 3.43. The molecule has 0 spiro atoms. The standard InChI is InChI=1S/C22H28FN6O7P/c1-12(2)34-22(31)13(3)28-37(32,36-15-6-4-14(23)5-7-15)33-9-17-16(30)8-18(35-17)29-11-27-19-20(24)25-10-26-21(19)29/h4-7,10-13,16-18,30H,8-9H2,1-3H3,(H,28,32)(H2,24,25,26)/t13-,16?,17+,18+,37?/m0/s1. The summed E-state index contributed by atoms with van der Waals surface area (Å²) in [7, 11) is -4.23. The van der Waals surface area contributed by atoms with Crippen LogP contribution in [0.15, 0.2) is 36.9 Å². The number of carbonyl (C=O) groups is 1. The molecule has 0 saturated carbocycles. The maximum Gasteiger partial charge on any atom is 0.459 e. The number of nitrogen functional groups attached to an aromatic ring is 1. The van der Waals surface area contributed by atoms with Gasteiger partial charge < -0.3 is 24.8 Å². The Hall–Kier alpha value is -3.16. The van der Waals surface area contributed by atoms with Gasteiger partial charge in [-0.15, -0.1) is 0 Å². The molecule has 3 heterocycles. The smallest absolute Gasteiger partial charge is 0.459 e. The Balaban J connectivity index is 1.47. The molecule has 3 aromatic rings. The number of benzene rings is 1. The normalized spacial score (nSPS) is 22.2. The van der Waals surface area contributed by atoms with Crippen molar-refractivity contribution in [3.8, 4) is 5.75 Å². The van der Waals surface area contributed by atoms with E-state index in [4.69, 9.17) is 24.3 Å². The highest BCUT2D eigenvalue weighted by atomic mass is 31.2. The molecule has 1 aliphatic rings. The molecule has 0 radical (unpaired) electrons. The van der Waals surface area contributed by atoms with E-state index in [-0.39, 0.29) is 24.6 Å². The first kappa shape index (κ1) is 26.9. The predicted molar refractivity (Wildman–Crippen MR) is 129 cm³/mol. The van der Waals surface area contributed by atoms with Crippen molar-refractivity contribution in [1.82, 2.24) is 24.6 Å². The van der Waals surface area contributed by atoms with Gasteiger partial charge in [0.2, 0.25) is 0 Å². The van der Waals surface area contributed by atoms with Crippen LogP contribution in [0.5, 0.6) is 5.75 Å². The minimum atomic E-state index is -4.23. The van der Waals surface area contributed by atoms with Crippen LogP contribution in [0.3, 0.4) is 0 Å². The van der Waals surface area contributed by atoms with Crippen LogP contribution >= 0.6 is 7.75 Å². The highest BCUT2D eigenvalue weighted by molar-refractivity contribution is 7.52. The number of aromatic nitrogens is 4. The van der Waals surface area contributed by atoms with Gasteiger partial charge in [0.15, 0.2) is 11.5 Å². The van der Waals surface area contributed by atoms with Crippen LogP contribution < -0.4 is 15.3 Å². The fourth-order valence-electron chi connectivity index (χ4n) is 3.64. The lowest BCUT2D eigenvalue weighted by molar-refractivity contribution is -0.149. The molecule has 13 nitrogen and oxygen atoms in total. The van der Waals surface area contributed by atoms with Crippen molar-refractivity contribution in [2.75, 3.05) is 12.3 Å². The van der Waals surface area contributed by atoms with E-state index in [1.807, 2.05) is 0 Å². The van der Waals surface area contributed by atoms with Gasteiger partial charge >= 0.3 is 13.7 Å². The molecule has 0 bridgehead atoms. The van der Waals surface area contributed by atoms with Gasteiger partial charge in [0, 0.05) is 6.42 Å². The first-order chi connectivity index (χ1) is 17.5. The Morgan fingerprint density at radius 1 is 1.30 bits per heavy atom. The van der Waals surface area contributed by atoms with Crippen LogP contribution in [-0.4, -0.2) is 61.6 Å². The van der Waals surface area contributed by atoms with Gasteiger partial charge in [0.05, 0.1) is 25.1 Å². The van der Waals surface area contributed by atoms with E-state index in [1.165, 1.54) is 31.7 Å². The van der Waals surface area contributed by atoms with Crippen LogP contribution in [-0.2, 0) is 23.4 Å². The Bertz CT molecular complexity index is 1290. The molecular formula is C22H28FN6O7P. The molecular weight excluding hydrogens is 510 g/mol. The van der Waals surface area contributed by atoms with Crippen LogP contribution in [0.25, 0.3) is 11.2 Å². The summed E-state index contributed by atoms with van der Waals surface area (Å²) in [6.45, 7) is 4.42. The van der Waals surface area contributed by atoms with Gasteiger partial charge in [0.25, 0.3) is 0 Å². The largest absolute Gasteiger partial charge is 0.462 e. The molecule has 2 unspecified atom stereocenters. The number of hydrogen-bond donors (Lipinski definition) is 3. The second-order valence-electron chi connectivity index (χ2n) is 8.69. The number of nitrogens with two attached hydrogens (primary N) is 1. The van der Waals surface area contributed by atoms with Crippen molar-refractivity contribution in [3.63, 3.8) is 0 Å². The van der Waals surface area contributed by atoms with E-state index in [0.29, 0.717) is 11.2 Å². The number of hydrogen-bond acceptors (Lipinski definition) is 11. The minimum absolute atomic E-state index is 0.0367. The second kappa shape index (κ2) is 11.1. The Kier molecular flexibility index (Phi) is 8.05. The van der Waals surface area contributed by atoms with E-state index in [9.17, 15) is 18.9 Å². The van der Waals surface area contributed by atoms with Gasteiger partial charge in [-0.2, -0.15) is 5.09 Å². The third kappa shape index (κ3) is 6.40. The molecule has 37 heavy (non-hydrogen) atoms. The zero-order chi connectivity index (χ0) is 26.7. The second-order valence-corrected chi connectivity index (χ2v) is 10.4. The van der Waals surface area contributed by atoms with Gasteiger partial charge in [0.1, 0.15) is 41.8 Å². The summed E-state index contributed by atoms with van der Waals surface area (Å²) < 4.78 is 50.7. The van der Waals surface area contributed by atoms with Crippen LogP contribution in [0.4, 0.5) is 10.2 Å². The molecule has 5 atom stereocenters. The first-order valence-electron chi connectivity index (χ1n) is 11.5. The Morgan fingerprint density at radius 2 is 2.03 bits per heavy atom. The molecule has 4 N–H and O–H groups in total. The summed E-state index contributed by atoms with van der Waals surface area (Å²) in [5.41, 5.74) is 6.65. The third-order valence-electron chi connectivity index (χ3n) is 5.41. The first-order valence-corrected chi connectivity index (χ1v) is 13.0. The number of fused-ring (bicyclic) bond motifs is 1. The van der Waals surface area contributed by atoms with Crippen LogP contribution in [0.1, 0.15) is 33.4 Å². The monoisotopic (exact) mass is 538 g/mol. The number of aliphatic hydroxyl groups excluding tert-OH is 1. The van der Waals surface area contributed by atoms with E-state index < -0.39 is 50.1 Å². The molecule has 4 rings (SSSR count). The maximum absolute atomic E-state index is 13.6. The Morgan fingerprint density at radius 3 is 2.73 bits per heavy atom. The lowest BCUT2D eigenvalue weighted by atomic mass is 10.2. The fourth-order valence-corrected chi connectivity index (χ4v) is 5.14.